The molecule has 3 aromatic rings. The molecule has 1 unspecified atom stereocenters. The molecular weight excluding hydrogens is 531 g/mol. The summed E-state index contributed by atoms with van der Waals surface area (Å²) in [6.07, 6.45) is 0. The van der Waals surface area contributed by atoms with Gasteiger partial charge in [0.1, 0.15) is 0 Å². The molecule has 0 saturated heterocycles. The molecule has 0 amide bonds. The van der Waals surface area contributed by atoms with Crippen LogP contribution in [0.3, 0.4) is 0 Å². The molecule has 5 heteroatoms. The van der Waals surface area contributed by atoms with Crippen LogP contribution in [0.25, 0.3) is 0 Å². The van der Waals surface area contributed by atoms with Crippen molar-refractivity contribution in [3.63, 3.8) is 0 Å². The summed E-state index contributed by atoms with van der Waals surface area (Å²) in [5.41, 5.74) is 7.27. The van der Waals surface area contributed by atoms with Gasteiger partial charge in [-0.25, -0.2) is 0 Å². The second-order valence-corrected chi connectivity index (χ2v) is 14.1. The summed E-state index contributed by atoms with van der Waals surface area (Å²) >= 11 is 2.38. The largest absolute Gasteiger partial charge is 1.00 e. The maximum Gasteiger partial charge on any atom is -1.00 e. The molecule has 4 rings (SSSR count). The molecule has 0 bridgehead atoms. The third-order valence-corrected chi connectivity index (χ3v) is 15.6. The fraction of sp³-hybridized carbons (Fsp3) is 0.241. The van der Waals surface area contributed by atoms with Crippen LogP contribution in [-0.2, 0) is 20.4 Å². The SMILES string of the molecule is CC1=C(C)C(C)([Si](c2ccccc2)(c2ccccc2)c2cccc(C)c2C)[C]([Ti+3])=C1C.[Cl-].[Cl-].[Cl-]. The molecule has 0 aromatic heterocycles. The maximum absolute atomic E-state index is 2.53. The zero-order valence-corrected chi connectivity index (χ0v) is 25.5. The van der Waals surface area contributed by atoms with Gasteiger partial charge in [-0.1, -0.05) is 0 Å². The molecule has 0 nitrogen and oxygen atoms in total. The van der Waals surface area contributed by atoms with E-state index in [0.717, 1.165) is 0 Å². The van der Waals surface area contributed by atoms with Gasteiger partial charge in [-0.05, 0) is 0 Å². The van der Waals surface area contributed by atoms with Gasteiger partial charge in [0.2, 0.25) is 0 Å². The molecule has 1 aliphatic carbocycles. The number of allylic oxidation sites excluding steroid dienone is 4. The molecule has 0 N–H and O–H groups in total. The van der Waals surface area contributed by atoms with E-state index in [-0.39, 0.29) is 42.3 Å². The van der Waals surface area contributed by atoms with Crippen LogP contribution in [0.2, 0.25) is 5.04 Å². The van der Waals surface area contributed by atoms with E-state index >= 15 is 0 Å². The van der Waals surface area contributed by atoms with Crippen molar-refractivity contribution in [2.75, 3.05) is 0 Å². The molecule has 0 radical (unpaired) electrons. The average molecular weight is 562 g/mol. The predicted octanol–water partition coefficient (Wildman–Crippen LogP) is -3.28. The summed E-state index contributed by atoms with van der Waals surface area (Å²) in [5, 5.41) is 4.47. The molecular formula is C29H31Cl3SiTi. The zero-order chi connectivity index (χ0) is 22.4. The van der Waals surface area contributed by atoms with Crippen molar-refractivity contribution in [2.24, 2.45) is 0 Å². The molecule has 3 aromatic carbocycles. The molecule has 176 valence electrons. The van der Waals surface area contributed by atoms with Crippen LogP contribution >= 0.6 is 0 Å². The predicted molar refractivity (Wildman–Crippen MR) is 133 cm³/mol. The minimum Gasteiger partial charge on any atom is -1.00 e. The summed E-state index contributed by atoms with van der Waals surface area (Å²) < 4.78 is 1.53. The summed E-state index contributed by atoms with van der Waals surface area (Å²) in [6.45, 7) is 14.1. The molecule has 0 saturated carbocycles. The summed E-state index contributed by atoms with van der Waals surface area (Å²) in [4.78, 5) is 0. The van der Waals surface area contributed by atoms with E-state index in [1.165, 1.54) is 47.3 Å². The standard InChI is InChI=1S/C29H31Si.3ClH.Ti/c1-21-14-13-19-28(24(21)4)30(26-15-9-7-10-16-26,27-17-11-8-12-18-27)29(6)20-22(2)23(3)25(29)5;;;;/h7-19H,1-6H3;3*1H;/q;;;;+3/p-3. The van der Waals surface area contributed by atoms with E-state index in [2.05, 4.69) is 141 Å². The Bertz CT molecular complexity index is 1140. The molecule has 0 heterocycles. The molecule has 0 spiro atoms. The Morgan fingerprint density at radius 1 is 0.618 bits per heavy atom. The fourth-order valence-corrected chi connectivity index (χ4v) is 13.6. The quantitative estimate of drug-likeness (QED) is 0.232. The van der Waals surface area contributed by atoms with E-state index in [0.29, 0.717) is 0 Å². The zero-order valence-electron chi connectivity index (χ0n) is 20.6. The van der Waals surface area contributed by atoms with E-state index in [1.807, 2.05) is 0 Å². The number of aryl methyl sites for hydroxylation is 1. The number of hydrogen-bond donors (Lipinski definition) is 0. The van der Waals surface area contributed by atoms with Crippen LogP contribution in [0.5, 0.6) is 0 Å². The first-order valence-electron chi connectivity index (χ1n) is 11.1. The minimum absolute atomic E-state index is 0. The second-order valence-electron chi connectivity index (χ2n) is 9.10. The van der Waals surface area contributed by atoms with E-state index in [1.54, 1.807) is 0 Å². The summed E-state index contributed by atoms with van der Waals surface area (Å²) in [5.74, 6) is 0. The van der Waals surface area contributed by atoms with Gasteiger partial charge in [0, 0.05) is 0 Å². The Morgan fingerprint density at radius 3 is 1.50 bits per heavy atom. The Labute approximate surface area is 237 Å². The van der Waals surface area contributed by atoms with Crippen molar-refractivity contribution in [3.05, 3.63) is 111 Å². The number of rotatable bonds is 4. The molecule has 34 heavy (non-hydrogen) atoms. The summed E-state index contributed by atoms with van der Waals surface area (Å²) in [7, 11) is -2.52. The van der Waals surface area contributed by atoms with Crippen molar-refractivity contribution in [1.82, 2.24) is 0 Å². The van der Waals surface area contributed by atoms with Crippen LogP contribution < -0.4 is 52.8 Å². The Morgan fingerprint density at radius 2 is 1.09 bits per heavy atom. The first-order valence-corrected chi connectivity index (χ1v) is 13.8. The van der Waals surface area contributed by atoms with Crippen molar-refractivity contribution in [3.8, 4) is 0 Å². The van der Waals surface area contributed by atoms with Gasteiger partial charge in [0.05, 0.1) is 0 Å². The van der Waals surface area contributed by atoms with Crippen molar-refractivity contribution >= 4 is 23.6 Å². The minimum atomic E-state index is -2.52. The Hall–Kier alpha value is -1.06. The number of halogens is 3. The maximum atomic E-state index is 2.53. The van der Waals surface area contributed by atoms with Crippen molar-refractivity contribution < 1.29 is 57.7 Å². The molecule has 1 aliphatic rings. The van der Waals surface area contributed by atoms with E-state index < -0.39 is 8.07 Å². The van der Waals surface area contributed by atoms with Gasteiger partial charge in [0.15, 0.2) is 0 Å². The van der Waals surface area contributed by atoms with E-state index in [4.69, 9.17) is 0 Å². The van der Waals surface area contributed by atoms with Gasteiger partial charge in [-0.15, -0.1) is 0 Å². The van der Waals surface area contributed by atoms with Crippen LogP contribution in [0.4, 0.5) is 0 Å². The first-order chi connectivity index (χ1) is 14.8. The molecule has 0 fully saturated rings. The second kappa shape index (κ2) is 11.8. The summed E-state index contributed by atoms with van der Waals surface area (Å²) in [6, 6.07) is 29.7. The Kier molecular flexibility index (Phi) is 10.7. The topological polar surface area (TPSA) is 0 Å². The van der Waals surface area contributed by atoms with Gasteiger partial charge in [-0.2, -0.15) is 0 Å². The normalized spacial score (nSPS) is 17.6. The van der Waals surface area contributed by atoms with Gasteiger partial charge >= 0.3 is 201 Å². The van der Waals surface area contributed by atoms with Gasteiger partial charge in [0.25, 0.3) is 0 Å². The number of hydrogen-bond acceptors (Lipinski definition) is 0. The van der Waals surface area contributed by atoms with Gasteiger partial charge in [-0.3, -0.25) is 0 Å². The monoisotopic (exact) mass is 560 g/mol. The fourth-order valence-electron chi connectivity index (χ4n) is 5.73. The van der Waals surface area contributed by atoms with E-state index in [9.17, 15) is 0 Å². The molecule has 1 atom stereocenters. The van der Waals surface area contributed by atoms with Crippen LogP contribution in [0.1, 0.15) is 38.8 Å². The first kappa shape index (κ1) is 31.0. The molecule has 0 aliphatic heterocycles. The van der Waals surface area contributed by atoms with Crippen LogP contribution in [0.15, 0.2) is 99.5 Å². The number of benzene rings is 3. The smallest absolute Gasteiger partial charge is 1.00 e. The van der Waals surface area contributed by atoms with Gasteiger partial charge < -0.3 is 37.2 Å². The third-order valence-electron chi connectivity index (χ3n) is 7.92. The average Bonchev–Trinajstić information content (AvgIpc) is 2.94. The third kappa shape index (κ3) is 4.34. The van der Waals surface area contributed by atoms with Crippen LogP contribution in [-0.4, -0.2) is 8.07 Å². The van der Waals surface area contributed by atoms with Crippen molar-refractivity contribution in [2.45, 2.75) is 46.6 Å². The Balaban J connectivity index is 0.00000193. The van der Waals surface area contributed by atoms with Crippen molar-refractivity contribution in [1.29, 1.82) is 0 Å². The van der Waals surface area contributed by atoms with Crippen LogP contribution in [0, 0.1) is 13.8 Å².